The van der Waals surface area contributed by atoms with Crippen LogP contribution in [0.15, 0.2) is 65.6 Å². The molecule has 13 nitrogen and oxygen atoms in total. The Hall–Kier alpha value is -3.85. The quantitative estimate of drug-likeness (QED) is 0.236. The second-order valence-corrected chi connectivity index (χ2v) is 12.1. The number of nitrogens with one attached hydrogen (secondary N) is 1. The van der Waals surface area contributed by atoms with Gasteiger partial charge in [-0.1, -0.05) is 48.5 Å². The number of hydrogen-bond acceptors (Lipinski definition) is 12. The summed E-state index contributed by atoms with van der Waals surface area (Å²) in [4.78, 5) is 49.0. The van der Waals surface area contributed by atoms with E-state index in [-0.39, 0.29) is 18.1 Å². The molecular weight excluding hydrogens is 598 g/mol. The number of carbonyl (C=O) groups is 4. The summed E-state index contributed by atoms with van der Waals surface area (Å²) in [6.07, 6.45) is -6.16. The van der Waals surface area contributed by atoms with Gasteiger partial charge in [-0.25, -0.2) is 13.2 Å². The Morgan fingerprint density at radius 1 is 0.886 bits per heavy atom. The molecule has 1 aliphatic heterocycles. The van der Waals surface area contributed by atoms with Crippen molar-refractivity contribution in [2.24, 2.45) is 0 Å². The highest BCUT2D eigenvalue weighted by molar-refractivity contribution is 7.91. The molecule has 0 radical (unpaired) electrons. The van der Waals surface area contributed by atoms with E-state index in [2.05, 4.69) is 5.32 Å². The molecule has 1 N–H and O–H groups in total. The van der Waals surface area contributed by atoms with E-state index in [0.717, 1.165) is 12.5 Å². The van der Waals surface area contributed by atoms with Crippen LogP contribution in [0.2, 0.25) is 0 Å². The number of benzene rings is 2. The molecule has 0 bridgehead atoms. The van der Waals surface area contributed by atoms with Crippen molar-refractivity contribution >= 4 is 33.7 Å². The monoisotopic (exact) mass is 635 g/mol. The van der Waals surface area contributed by atoms with Crippen LogP contribution in [0.3, 0.4) is 0 Å². The van der Waals surface area contributed by atoms with Gasteiger partial charge in [0.1, 0.15) is 31.5 Å². The van der Waals surface area contributed by atoms with Crippen molar-refractivity contribution in [3.8, 4) is 0 Å². The van der Waals surface area contributed by atoms with E-state index in [1.807, 2.05) is 30.3 Å². The summed E-state index contributed by atoms with van der Waals surface area (Å²) >= 11 is 0. The fourth-order valence-electron chi connectivity index (χ4n) is 4.42. The average molecular weight is 636 g/mol. The standard InChI is InChI=1S/C30H37NO12S/c1-19(29(35)38-15-16-44(36,37)24-13-9-6-10-14-24)41-28-26(31-20(2)32)30(40-17-23-11-7-5-8-12-23)43-25(18-39-21(3)33)27(28)42-22(4)34/h5-14,19,25-28,30H,15-18H2,1-4H3,(H,31,32)/t19-,25-,26-,27-,28-,30+/m1/s1. The molecule has 14 heteroatoms. The molecule has 240 valence electrons. The third kappa shape index (κ3) is 10.4. The molecule has 1 saturated heterocycles. The van der Waals surface area contributed by atoms with Crippen LogP contribution in [0.4, 0.5) is 0 Å². The van der Waals surface area contributed by atoms with Gasteiger partial charge in [0.05, 0.1) is 17.3 Å². The highest BCUT2D eigenvalue weighted by Crippen LogP contribution is 2.29. The lowest BCUT2D eigenvalue weighted by atomic mass is 9.95. The molecule has 6 atom stereocenters. The van der Waals surface area contributed by atoms with E-state index in [4.69, 9.17) is 28.4 Å². The highest BCUT2D eigenvalue weighted by atomic mass is 32.2. The molecule has 3 rings (SSSR count). The number of sulfone groups is 1. The molecule has 0 aliphatic carbocycles. The lowest BCUT2D eigenvalue weighted by Crippen LogP contribution is -2.67. The van der Waals surface area contributed by atoms with Gasteiger partial charge >= 0.3 is 17.9 Å². The summed E-state index contributed by atoms with van der Waals surface area (Å²) in [6, 6.07) is 15.7. The Morgan fingerprint density at radius 2 is 1.52 bits per heavy atom. The topological polar surface area (TPSA) is 170 Å². The maximum atomic E-state index is 12.9. The predicted octanol–water partition coefficient (Wildman–Crippen LogP) is 1.72. The second kappa shape index (κ2) is 16.3. The molecule has 1 aliphatic rings. The van der Waals surface area contributed by atoms with Gasteiger partial charge in [-0.05, 0) is 24.6 Å². The van der Waals surface area contributed by atoms with Gasteiger partial charge in [0.25, 0.3) is 0 Å². The van der Waals surface area contributed by atoms with Gasteiger partial charge < -0.3 is 33.7 Å². The van der Waals surface area contributed by atoms with E-state index >= 15 is 0 Å². The van der Waals surface area contributed by atoms with Gasteiger partial charge in [0.2, 0.25) is 5.91 Å². The Balaban J connectivity index is 1.82. The van der Waals surface area contributed by atoms with Gasteiger partial charge in [-0.3, -0.25) is 14.4 Å². The molecule has 44 heavy (non-hydrogen) atoms. The van der Waals surface area contributed by atoms with Crippen LogP contribution in [0.25, 0.3) is 0 Å². The first-order chi connectivity index (χ1) is 20.9. The summed E-state index contributed by atoms with van der Waals surface area (Å²) in [5.74, 6) is -3.22. The van der Waals surface area contributed by atoms with Crippen LogP contribution in [-0.2, 0) is 64.0 Å². The lowest BCUT2D eigenvalue weighted by Gasteiger charge is -2.46. The molecular formula is C30H37NO12S. The van der Waals surface area contributed by atoms with E-state index in [9.17, 15) is 27.6 Å². The fourth-order valence-corrected chi connectivity index (χ4v) is 5.53. The van der Waals surface area contributed by atoms with Crippen LogP contribution in [0.1, 0.15) is 33.3 Å². The minimum absolute atomic E-state index is 0.0559. The zero-order valence-corrected chi connectivity index (χ0v) is 25.7. The second-order valence-electron chi connectivity index (χ2n) is 9.98. The Labute approximate surface area is 256 Å². The van der Waals surface area contributed by atoms with Gasteiger partial charge in [0.15, 0.2) is 28.3 Å². The molecule has 0 unspecified atom stereocenters. The van der Waals surface area contributed by atoms with E-state index in [1.54, 1.807) is 18.2 Å². The van der Waals surface area contributed by atoms with Crippen molar-refractivity contribution in [2.75, 3.05) is 19.0 Å². The zero-order chi connectivity index (χ0) is 32.3. The zero-order valence-electron chi connectivity index (χ0n) is 24.9. The molecule has 2 aromatic rings. The van der Waals surface area contributed by atoms with Gasteiger partial charge in [0, 0.05) is 20.8 Å². The number of amides is 1. The Bertz CT molecular complexity index is 1370. The third-order valence-electron chi connectivity index (χ3n) is 6.42. The maximum absolute atomic E-state index is 12.9. The summed E-state index contributed by atoms with van der Waals surface area (Å²) < 4.78 is 59.1. The predicted molar refractivity (Wildman–Crippen MR) is 153 cm³/mol. The van der Waals surface area contributed by atoms with Crippen LogP contribution in [0, 0.1) is 0 Å². The SMILES string of the molecule is CC(=O)N[C@H]1[C@@H](OCc2ccccc2)O[C@H](COC(C)=O)[C@@H](OC(C)=O)[C@@H]1O[C@H](C)C(=O)OCCS(=O)(=O)c1ccccc1. The molecule has 1 heterocycles. The number of rotatable bonds is 14. The molecule has 0 spiro atoms. The molecule has 0 aromatic heterocycles. The van der Waals surface area contributed by atoms with Crippen molar-refractivity contribution in [1.29, 1.82) is 0 Å². The van der Waals surface area contributed by atoms with E-state index in [1.165, 1.54) is 32.9 Å². The first-order valence-electron chi connectivity index (χ1n) is 13.9. The number of carbonyl (C=O) groups excluding carboxylic acids is 4. The molecule has 0 saturated carbocycles. The van der Waals surface area contributed by atoms with Crippen LogP contribution in [0.5, 0.6) is 0 Å². The van der Waals surface area contributed by atoms with Crippen molar-refractivity contribution < 1.29 is 56.0 Å². The molecule has 2 aromatic carbocycles. The summed E-state index contributed by atoms with van der Waals surface area (Å²) in [5.41, 5.74) is 0.788. The van der Waals surface area contributed by atoms with Crippen molar-refractivity contribution in [2.45, 2.75) is 75.9 Å². The maximum Gasteiger partial charge on any atom is 0.335 e. The Kier molecular flexibility index (Phi) is 12.8. The number of ether oxygens (including phenoxy) is 6. The highest BCUT2D eigenvalue weighted by Gasteiger charge is 2.51. The number of hydrogen-bond donors (Lipinski definition) is 1. The third-order valence-corrected chi connectivity index (χ3v) is 8.11. The number of esters is 3. The van der Waals surface area contributed by atoms with Gasteiger partial charge in [-0.15, -0.1) is 0 Å². The van der Waals surface area contributed by atoms with E-state index < -0.39 is 82.8 Å². The smallest absolute Gasteiger partial charge is 0.335 e. The minimum atomic E-state index is -3.71. The fraction of sp³-hybridized carbons (Fsp3) is 0.467. The summed E-state index contributed by atoms with van der Waals surface area (Å²) in [7, 11) is -3.71. The Morgan fingerprint density at radius 3 is 2.11 bits per heavy atom. The van der Waals surface area contributed by atoms with Crippen LogP contribution in [-0.4, -0.2) is 87.9 Å². The molecule has 1 amide bonds. The van der Waals surface area contributed by atoms with Crippen LogP contribution >= 0.6 is 0 Å². The van der Waals surface area contributed by atoms with Crippen molar-refractivity contribution in [1.82, 2.24) is 5.32 Å². The lowest BCUT2D eigenvalue weighted by molar-refractivity contribution is -0.288. The minimum Gasteiger partial charge on any atom is -0.463 e. The van der Waals surface area contributed by atoms with Crippen LogP contribution < -0.4 is 5.32 Å². The molecule has 1 fully saturated rings. The largest absolute Gasteiger partial charge is 0.463 e. The van der Waals surface area contributed by atoms with Crippen molar-refractivity contribution in [3.05, 3.63) is 66.2 Å². The normalized spacial score (nSPS) is 22.3. The first kappa shape index (κ1) is 34.6. The average Bonchev–Trinajstić information content (AvgIpc) is 2.97. The van der Waals surface area contributed by atoms with Gasteiger partial charge in [-0.2, -0.15) is 0 Å². The summed E-state index contributed by atoms with van der Waals surface area (Å²) in [6.45, 7) is 4.20. The first-order valence-corrected chi connectivity index (χ1v) is 15.5. The summed E-state index contributed by atoms with van der Waals surface area (Å²) in [5, 5.41) is 2.69. The van der Waals surface area contributed by atoms with Crippen molar-refractivity contribution in [3.63, 3.8) is 0 Å². The van der Waals surface area contributed by atoms with E-state index in [0.29, 0.717) is 0 Å².